The molecule has 0 saturated carbocycles. The Hall–Kier alpha value is -1.13. The van der Waals surface area contributed by atoms with Crippen molar-refractivity contribution in [3.05, 3.63) is 34.6 Å². The summed E-state index contributed by atoms with van der Waals surface area (Å²) < 4.78 is 13.3. The van der Waals surface area contributed by atoms with Crippen molar-refractivity contribution in [1.82, 2.24) is 4.90 Å². The maximum Gasteiger partial charge on any atom is 0.320 e. The van der Waals surface area contributed by atoms with Crippen molar-refractivity contribution in [3.8, 4) is 0 Å². The van der Waals surface area contributed by atoms with Gasteiger partial charge in [-0.1, -0.05) is 24.9 Å². The summed E-state index contributed by atoms with van der Waals surface area (Å²) in [5, 5.41) is 9.85. The van der Waals surface area contributed by atoms with Gasteiger partial charge in [-0.25, -0.2) is 4.39 Å². The molecular formula is C15H19ClFNO2. The molecule has 20 heavy (non-hydrogen) atoms. The lowest BCUT2D eigenvalue weighted by atomic mass is 9.88. The van der Waals surface area contributed by atoms with E-state index in [4.69, 9.17) is 11.6 Å². The predicted octanol–water partition coefficient (Wildman–Crippen LogP) is 3.55. The van der Waals surface area contributed by atoms with Gasteiger partial charge in [0.25, 0.3) is 0 Å². The fraction of sp³-hybridized carbons (Fsp3) is 0.533. The van der Waals surface area contributed by atoms with Gasteiger partial charge in [0.2, 0.25) is 0 Å². The molecule has 0 bridgehead atoms. The molecule has 5 heteroatoms. The van der Waals surface area contributed by atoms with Crippen LogP contribution in [0, 0.1) is 11.7 Å². The van der Waals surface area contributed by atoms with E-state index in [1.54, 1.807) is 0 Å². The van der Waals surface area contributed by atoms with Crippen LogP contribution in [0.2, 0.25) is 5.02 Å². The monoisotopic (exact) mass is 299 g/mol. The van der Waals surface area contributed by atoms with Crippen molar-refractivity contribution in [2.75, 3.05) is 6.54 Å². The van der Waals surface area contributed by atoms with Gasteiger partial charge >= 0.3 is 5.97 Å². The highest BCUT2D eigenvalue weighted by Crippen LogP contribution is 2.28. The Kier molecular flexibility index (Phi) is 5.00. The third-order valence-corrected chi connectivity index (χ3v) is 4.43. The molecule has 2 unspecified atom stereocenters. The van der Waals surface area contributed by atoms with Crippen molar-refractivity contribution in [3.63, 3.8) is 0 Å². The summed E-state index contributed by atoms with van der Waals surface area (Å²) >= 11 is 6.06. The number of hydrogen-bond donors (Lipinski definition) is 1. The molecule has 0 amide bonds. The largest absolute Gasteiger partial charge is 0.480 e. The standard InChI is InChI=1S/C15H19ClFNO2/c1-2-10-5-6-18(14(7-10)15(19)20)9-11-8-12(17)3-4-13(11)16/h3-4,8,10,14H,2,5-7,9H2,1H3,(H,19,20). The minimum absolute atomic E-state index is 0.347. The molecule has 0 aromatic heterocycles. The van der Waals surface area contributed by atoms with Crippen LogP contribution < -0.4 is 0 Å². The van der Waals surface area contributed by atoms with Crippen molar-refractivity contribution >= 4 is 17.6 Å². The highest BCUT2D eigenvalue weighted by atomic mass is 35.5. The number of rotatable bonds is 4. The maximum absolute atomic E-state index is 13.3. The van der Waals surface area contributed by atoms with E-state index in [2.05, 4.69) is 6.92 Å². The fourth-order valence-corrected chi connectivity index (χ4v) is 2.96. The first-order valence-electron chi connectivity index (χ1n) is 6.92. The third kappa shape index (κ3) is 3.49. The summed E-state index contributed by atoms with van der Waals surface area (Å²) in [4.78, 5) is 13.3. The Balaban J connectivity index is 2.14. The molecule has 1 aliphatic rings. The lowest BCUT2D eigenvalue weighted by Crippen LogP contribution is -2.46. The molecule has 0 spiro atoms. The molecule has 1 fully saturated rings. The highest BCUT2D eigenvalue weighted by molar-refractivity contribution is 6.31. The van der Waals surface area contributed by atoms with Gasteiger partial charge in [-0.3, -0.25) is 9.69 Å². The smallest absolute Gasteiger partial charge is 0.320 e. The number of carboxylic acids is 1. The van der Waals surface area contributed by atoms with Crippen LogP contribution >= 0.6 is 11.6 Å². The number of aliphatic carboxylic acids is 1. The van der Waals surface area contributed by atoms with E-state index < -0.39 is 12.0 Å². The average molecular weight is 300 g/mol. The van der Waals surface area contributed by atoms with Gasteiger partial charge in [0.15, 0.2) is 0 Å². The summed E-state index contributed by atoms with van der Waals surface area (Å²) in [5.41, 5.74) is 0.646. The Morgan fingerprint density at radius 1 is 1.55 bits per heavy atom. The van der Waals surface area contributed by atoms with Crippen LogP contribution in [0.15, 0.2) is 18.2 Å². The summed E-state index contributed by atoms with van der Waals surface area (Å²) in [6.45, 7) is 3.18. The average Bonchev–Trinajstić information content (AvgIpc) is 2.43. The van der Waals surface area contributed by atoms with E-state index in [-0.39, 0.29) is 5.82 Å². The molecular weight excluding hydrogens is 281 g/mol. The Morgan fingerprint density at radius 3 is 2.95 bits per heavy atom. The van der Waals surface area contributed by atoms with Crippen LogP contribution in [-0.2, 0) is 11.3 Å². The first kappa shape index (κ1) is 15.3. The summed E-state index contributed by atoms with van der Waals surface area (Å²) in [6.07, 6.45) is 2.63. The molecule has 3 nitrogen and oxygen atoms in total. The van der Waals surface area contributed by atoms with E-state index in [1.165, 1.54) is 18.2 Å². The van der Waals surface area contributed by atoms with Crippen LogP contribution in [0.1, 0.15) is 31.7 Å². The van der Waals surface area contributed by atoms with Crippen LogP contribution in [0.25, 0.3) is 0 Å². The van der Waals surface area contributed by atoms with E-state index in [0.29, 0.717) is 36.0 Å². The lowest BCUT2D eigenvalue weighted by molar-refractivity contribution is -0.145. The normalized spacial score (nSPS) is 23.8. The van der Waals surface area contributed by atoms with Gasteiger partial charge < -0.3 is 5.11 Å². The summed E-state index contributed by atoms with van der Waals surface area (Å²) in [6, 6.07) is 3.70. The van der Waals surface area contributed by atoms with Gasteiger partial charge in [-0.2, -0.15) is 0 Å². The fourth-order valence-electron chi connectivity index (χ4n) is 2.79. The molecule has 1 aromatic carbocycles. The number of carboxylic acid groups (broad SMARTS) is 1. The van der Waals surface area contributed by atoms with Crippen LogP contribution in [-0.4, -0.2) is 28.6 Å². The number of piperidine rings is 1. The Bertz CT molecular complexity index is 495. The van der Waals surface area contributed by atoms with Crippen molar-refractivity contribution < 1.29 is 14.3 Å². The minimum atomic E-state index is -0.810. The Labute approximate surface area is 123 Å². The van der Waals surface area contributed by atoms with E-state index >= 15 is 0 Å². The number of halogens is 2. The number of carbonyl (C=O) groups is 1. The molecule has 2 atom stereocenters. The first-order chi connectivity index (χ1) is 9.51. The van der Waals surface area contributed by atoms with Crippen molar-refractivity contribution in [1.29, 1.82) is 0 Å². The van der Waals surface area contributed by atoms with Crippen molar-refractivity contribution in [2.45, 2.75) is 38.8 Å². The second-order valence-corrected chi connectivity index (χ2v) is 5.77. The Morgan fingerprint density at radius 2 is 2.30 bits per heavy atom. The quantitative estimate of drug-likeness (QED) is 0.924. The molecule has 110 valence electrons. The number of hydrogen-bond acceptors (Lipinski definition) is 2. The zero-order chi connectivity index (χ0) is 14.7. The molecule has 1 saturated heterocycles. The second kappa shape index (κ2) is 6.55. The molecule has 1 aliphatic heterocycles. The van der Waals surface area contributed by atoms with Gasteiger partial charge in [-0.15, -0.1) is 0 Å². The second-order valence-electron chi connectivity index (χ2n) is 5.36. The molecule has 0 aliphatic carbocycles. The third-order valence-electron chi connectivity index (χ3n) is 4.07. The number of nitrogens with zero attached hydrogens (tertiary/aromatic N) is 1. The number of benzene rings is 1. The number of likely N-dealkylation sites (tertiary alicyclic amines) is 1. The van der Waals surface area contributed by atoms with Gasteiger partial charge in [-0.05, 0) is 49.1 Å². The van der Waals surface area contributed by atoms with Crippen LogP contribution in [0.5, 0.6) is 0 Å². The summed E-state index contributed by atoms with van der Waals surface area (Å²) in [5.74, 6) is -0.703. The van der Waals surface area contributed by atoms with Gasteiger partial charge in [0.05, 0.1) is 0 Å². The van der Waals surface area contributed by atoms with Crippen molar-refractivity contribution in [2.24, 2.45) is 5.92 Å². The maximum atomic E-state index is 13.3. The topological polar surface area (TPSA) is 40.5 Å². The zero-order valence-corrected chi connectivity index (χ0v) is 12.2. The molecule has 1 heterocycles. The highest BCUT2D eigenvalue weighted by Gasteiger charge is 2.32. The zero-order valence-electron chi connectivity index (χ0n) is 11.5. The van der Waals surface area contributed by atoms with Gasteiger partial charge in [0.1, 0.15) is 11.9 Å². The van der Waals surface area contributed by atoms with Crippen LogP contribution in [0.4, 0.5) is 4.39 Å². The minimum Gasteiger partial charge on any atom is -0.480 e. The van der Waals surface area contributed by atoms with Crippen LogP contribution in [0.3, 0.4) is 0 Å². The lowest BCUT2D eigenvalue weighted by Gasteiger charge is -2.37. The van der Waals surface area contributed by atoms with E-state index in [1.807, 2.05) is 4.90 Å². The predicted molar refractivity (Wildman–Crippen MR) is 76.3 cm³/mol. The molecule has 1 N–H and O–H groups in total. The van der Waals surface area contributed by atoms with Gasteiger partial charge in [0, 0.05) is 11.6 Å². The summed E-state index contributed by atoms with van der Waals surface area (Å²) in [7, 11) is 0. The van der Waals surface area contributed by atoms with E-state index in [9.17, 15) is 14.3 Å². The first-order valence-corrected chi connectivity index (χ1v) is 7.29. The molecule has 0 radical (unpaired) electrons. The molecule has 1 aromatic rings. The SMILES string of the molecule is CCC1CCN(Cc2cc(F)ccc2Cl)C(C(=O)O)C1. The molecule has 2 rings (SSSR count). The van der Waals surface area contributed by atoms with E-state index in [0.717, 1.165) is 12.8 Å².